The van der Waals surface area contributed by atoms with Crippen LogP contribution in [0.4, 0.5) is 5.69 Å². The Labute approximate surface area is 203 Å². The minimum absolute atomic E-state index is 0.0342. The number of thiophene rings is 1. The number of amides is 2. The van der Waals surface area contributed by atoms with Gasteiger partial charge in [0.2, 0.25) is 5.91 Å². The Balaban J connectivity index is 1.25. The molecule has 2 amide bonds. The van der Waals surface area contributed by atoms with E-state index in [1.54, 1.807) is 0 Å². The first-order valence-electron chi connectivity index (χ1n) is 11.7. The Hall–Kier alpha value is -3.45. The first-order chi connectivity index (χ1) is 16.5. The van der Waals surface area contributed by atoms with Gasteiger partial charge < -0.3 is 10.2 Å². The van der Waals surface area contributed by atoms with Crippen molar-refractivity contribution in [3.63, 3.8) is 0 Å². The highest BCUT2D eigenvalue weighted by Crippen LogP contribution is 2.31. The summed E-state index contributed by atoms with van der Waals surface area (Å²) in [5.41, 5.74) is 4.17. The van der Waals surface area contributed by atoms with E-state index in [4.69, 9.17) is 5.10 Å². The summed E-state index contributed by atoms with van der Waals surface area (Å²) in [7, 11) is 0. The van der Waals surface area contributed by atoms with Crippen molar-refractivity contribution in [3.05, 3.63) is 82.4 Å². The molecule has 2 aromatic carbocycles. The lowest BCUT2D eigenvalue weighted by atomic mass is 9.95. The van der Waals surface area contributed by atoms with Gasteiger partial charge in [0.05, 0.1) is 17.1 Å². The molecule has 0 radical (unpaired) electrons. The van der Waals surface area contributed by atoms with E-state index in [0.717, 1.165) is 26.5 Å². The van der Waals surface area contributed by atoms with E-state index in [1.165, 1.54) is 22.5 Å². The molecule has 0 unspecified atom stereocenters. The lowest BCUT2D eigenvalue weighted by Crippen LogP contribution is -2.41. The Morgan fingerprint density at radius 1 is 1.03 bits per heavy atom. The number of likely N-dealkylation sites (tertiary alicyclic amines) is 1. The number of aromatic nitrogens is 2. The third-order valence-electron chi connectivity index (χ3n) is 6.47. The zero-order valence-electron chi connectivity index (χ0n) is 19.5. The Morgan fingerprint density at radius 2 is 1.74 bits per heavy atom. The molecule has 3 heterocycles. The number of benzene rings is 2. The maximum absolute atomic E-state index is 13.3. The van der Waals surface area contributed by atoms with Gasteiger partial charge in [-0.15, -0.1) is 11.3 Å². The molecule has 6 nitrogen and oxygen atoms in total. The number of hydrogen-bond donors (Lipinski definition) is 1. The number of anilines is 1. The molecule has 0 atom stereocenters. The van der Waals surface area contributed by atoms with Crippen molar-refractivity contribution >= 4 is 39.1 Å². The summed E-state index contributed by atoms with van der Waals surface area (Å²) in [5, 5.41) is 8.73. The second kappa shape index (κ2) is 9.43. The molecule has 0 bridgehead atoms. The molecule has 1 aliphatic heterocycles. The first kappa shape index (κ1) is 22.3. The topological polar surface area (TPSA) is 67.2 Å². The normalized spacial score (nSPS) is 14.5. The number of nitrogens with zero attached hydrogens (tertiary/aromatic N) is 3. The van der Waals surface area contributed by atoms with Crippen LogP contribution in [0.25, 0.3) is 10.2 Å². The molecule has 0 saturated carbocycles. The third-order valence-corrected chi connectivity index (χ3v) is 7.60. The summed E-state index contributed by atoms with van der Waals surface area (Å²) in [6, 6.07) is 19.9. The SMILES string of the molecule is Cc1ccc(Cn2nc(C)c3cc(C(=O)N4CCC(C(=O)Nc5ccccc5)CC4)sc32)cc1. The average Bonchev–Trinajstić information content (AvgIpc) is 3.42. The van der Waals surface area contributed by atoms with Gasteiger partial charge in [-0.3, -0.25) is 14.3 Å². The molecule has 1 fully saturated rings. The van der Waals surface area contributed by atoms with Crippen molar-refractivity contribution in [2.24, 2.45) is 5.92 Å². The summed E-state index contributed by atoms with van der Waals surface area (Å²) in [5.74, 6) is 0.00774. The van der Waals surface area contributed by atoms with E-state index in [0.29, 0.717) is 32.5 Å². The van der Waals surface area contributed by atoms with Crippen molar-refractivity contribution in [3.8, 4) is 0 Å². The van der Waals surface area contributed by atoms with E-state index in [2.05, 4.69) is 36.5 Å². The quantitative estimate of drug-likeness (QED) is 0.431. The van der Waals surface area contributed by atoms with Crippen molar-refractivity contribution in [2.45, 2.75) is 33.2 Å². The number of rotatable bonds is 5. The standard InChI is InChI=1S/C27H28N4O2S/c1-18-8-10-20(11-9-18)17-31-27-23(19(2)29-31)16-24(34-27)26(33)30-14-12-21(13-15-30)25(32)28-22-6-4-3-5-7-22/h3-11,16,21H,12-15,17H2,1-2H3,(H,28,32). The Bertz CT molecular complexity index is 1320. The van der Waals surface area contributed by atoms with Gasteiger partial charge >= 0.3 is 0 Å². The molecule has 5 rings (SSSR count). The van der Waals surface area contributed by atoms with Crippen LogP contribution in [0, 0.1) is 19.8 Å². The maximum Gasteiger partial charge on any atom is 0.264 e. The van der Waals surface area contributed by atoms with Gasteiger partial charge in [-0.1, -0.05) is 48.0 Å². The van der Waals surface area contributed by atoms with Gasteiger partial charge in [0.25, 0.3) is 5.91 Å². The van der Waals surface area contributed by atoms with E-state index in [9.17, 15) is 9.59 Å². The molecule has 34 heavy (non-hydrogen) atoms. The van der Waals surface area contributed by atoms with Gasteiger partial charge in [-0.05, 0) is 50.5 Å². The van der Waals surface area contributed by atoms with Crippen molar-refractivity contribution < 1.29 is 9.59 Å². The summed E-state index contributed by atoms with van der Waals surface area (Å²) in [6.45, 7) is 5.94. The highest BCUT2D eigenvalue weighted by Gasteiger charge is 2.29. The van der Waals surface area contributed by atoms with Crippen LogP contribution >= 0.6 is 11.3 Å². The largest absolute Gasteiger partial charge is 0.338 e. The number of nitrogens with one attached hydrogen (secondary N) is 1. The van der Waals surface area contributed by atoms with E-state index >= 15 is 0 Å². The third kappa shape index (κ3) is 4.61. The van der Waals surface area contributed by atoms with Crippen LogP contribution in [0.2, 0.25) is 0 Å². The van der Waals surface area contributed by atoms with Crippen molar-refractivity contribution in [1.82, 2.24) is 14.7 Å². The number of aryl methyl sites for hydroxylation is 2. The molecular formula is C27H28N4O2S. The number of carbonyl (C=O) groups is 2. The molecule has 1 N–H and O–H groups in total. The molecule has 174 valence electrons. The number of fused-ring (bicyclic) bond motifs is 1. The summed E-state index contributed by atoms with van der Waals surface area (Å²) in [6.07, 6.45) is 1.35. The minimum atomic E-state index is -0.0722. The number of piperidine rings is 1. The number of hydrogen-bond acceptors (Lipinski definition) is 4. The molecule has 2 aromatic heterocycles. The van der Waals surface area contributed by atoms with Crippen molar-refractivity contribution in [2.75, 3.05) is 18.4 Å². The molecular weight excluding hydrogens is 444 g/mol. The average molecular weight is 473 g/mol. The van der Waals surface area contributed by atoms with Crippen LogP contribution in [0.3, 0.4) is 0 Å². The summed E-state index contributed by atoms with van der Waals surface area (Å²) >= 11 is 1.51. The number of para-hydroxylation sites is 1. The Morgan fingerprint density at radius 3 is 2.44 bits per heavy atom. The van der Waals surface area contributed by atoms with Gasteiger partial charge in [-0.25, -0.2) is 0 Å². The number of carbonyl (C=O) groups excluding carboxylic acids is 2. The molecule has 1 saturated heterocycles. The van der Waals surface area contributed by atoms with Gasteiger partial charge in [0.15, 0.2) is 0 Å². The van der Waals surface area contributed by atoms with Crippen LogP contribution in [-0.4, -0.2) is 39.6 Å². The molecule has 0 aliphatic carbocycles. The van der Waals surface area contributed by atoms with E-state index in [1.807, 2.05) is 52.9 Å². The monoisotopic (exact) mass is 472 g/mol. The fourth-order valence-electron chi connectivity index (χ4n) is 4.46. The minimum Gasteiger partial charge on any atom is -0.338 e. The Kier molecular flexibility index (Phi) is 6.20. The van der Waals surface area contributed by atoms with E-state index in [-0.39, 0.29) is 17.7 Å². The second-order valence-electron chi connectivity index (χ2n) is 8.98. The van der Waals surface area contributed by atoms with E-state index < -0.39 is 0 Å². The molecule has 1 aliphatic rings. The van der Waals surface area contributed by atoms with Gasteiger partial charge in [-0.2, -0.15) is 5.10 Å². The smallest absolute Gasteiger partial charge is 0.264 e. The molecule has 7 heteroatoms. The second-order valence-corrected chi connectivity index (χ2v) is 10.0. The van der Waals surface area contributed by atoms with Gasteiger partial charge in [0.1, 0.15) is 4.83 Å². The maximum atomic E-state index is 13.3. The predicted molar refractivity (Wildman–Crippen MR) is 136 cm³/mol. The molecule has 0 spiro atoms. The first-order valence-corrected chi connectivity index (χ1v) is 12.5. The summed E-state index contributed by atoms with van der Waals surface area (Å²) in [4.78, 5) is 29.5. The van der Waals surface area contributed by atoms with Crippen LogP contribution in [-0.2, 0) is 11.3 Å². The molecule has 4 aromatic rings. The van der Waals surface area contributed by atoms with Crippen LogP contribution in [0.1, 0.15) is 39.3 Å². The lowest BCUT2D eigenvalue weighted by molar-refractivity contribution is -0.121. The zero-order chi connectivity index (χ0) is 23.7. The van der Waals surface area contributed by atoms with Crippen LogP contribution in [0.5, 0.6) is 0 Å². The van der Waals surface area contributed by atoms with Gasteiger partial charge in [0, 0.05) is 30.1 Å². The van der Waals surface area contributed by atoms with Crippen molar-refractivity contribution in [1.29, 1.82) is 0 Å². The van der Waals surface area contributed by atoms with Crippen LogP contribution in [0.15, 0.2) is 60.7 Å². The highest BCUT2D eigenvalue weighted by atomic mass is 32.1. The highest BCUT2D eigenvalue weighted by molar-refractivity contribution is 7.20. The predicted octanol–water partition coefficient (Wildman–Crippen LogP) is 5.25. The summed E-state index contributed by atoms with van der Waals surface area (Å²) < 4.78 is 2.00. The zero-order valence-corrected chi connectivity index (χ0v) is 20.3. The fraction of sp³-hybridized carbons (Fsp3) is 0.296. The lowest BCUT2D eigenvalue weighted by Gasteiger charge is -2.31. The fourth-order valence-corrected chi connectivity index (χ4v) is 5.59. The van der Waals surface area contributed by atoms with Crippen LogP contribution < -0.4 is 5.32 Å².